The van der Waals surface area contributed by atoms with Gasteiger partial charge in [-0.3, -0.25) is 4.79 Å². The molecular weight excluding hydrogens is 338 g/mol. The molecule has 1 amide bonds. The minimum atomic E-state index is 0.134. The Morgan fingerprint density at radius 2 is 2.12 bits per heavy atom. The number of amides is 1. The van der Waals surface area contributed by atoms with Crippen molar-refractivity contribution in [3.8, 4) is 22.1 Å². The van der Waals surface area contributed by atoms with Gasteiger partial charge in [-0.15, -0.1) is 11.3 Å². The van der Waals surface area contributed by atoms with Crippen molar-refractivity contribution in [2.75, 3.05) is 26.9 Å². The second kappa shape index (κ2) is 7.01. The summed E-state index contributed by atoms with van der Waals surface area (Å²) in [7, 11) is 1.91. The van der Waals surface area contributed by atoms with Crippen molar-refractivity contribution < 1.29 is 14.3 Å². The van der Waals surface area contributed by atoms with Crippen molar-refractivity contribution in [1.29, 1.82) is 0 Å². The highest BCUT2D eigenvalue weighted by atomic mass is 32.1. The van der Waals surface area contributed by atoms with Crippen LogP contribution in [0, 0.1) is 0 Å². The van der Waals surface area contributed by atoms with E-state index in [0.717, 1.165) is 53.7 Å². The number of carbonyl (C=O) groups is 1. The number of carbonyl (C=O) groups excluding carboxylic acids is 1. The van der Waals surface area contributed by atoms with Crippen LogP contribution in [0.1, 0.15) is 18.5 Å². The second-order valence-corrected chi connectivity index (χ2v) is 7.23. The Bertz CT molecular complexity index is 771. The third-order valence-corrected chi connectivity index (χ3v) is 5.69. The van der Waals surface area contributed by atoms with E-state index in [-0.39, 0.29) is 12.7 Å². The Balaban J connectivity index is 1.43. The lowest BCUT2D eigenvalue weighted by molar-refractivity contribution is -0.131. The molecule has 0 aliphatic carbocycles. The first-order chi connectivity index (χ1) is 12.2. The fraction of sp³-hybridized carbons (Fsp3) is 0.444. The molecule has 25 heavy (non-hydrogen) atoms. The van der Waals surface area contributed by atoms with E-state index in [1.165, 1.54) is 0 Å². The molecule has 0 spiro atoms. The van der Waals surface area contributed by atoms with Gasteiger partial charge in [-0.1, -0.05) is 0 Å². The van der Waals surface area contributed by atoms with Crippen LogP contribution in [0.4, 0.5) is 0 Å². The van der Waals surface area contributed by atoms with Gasteiger partial charge in [0.2, 0.25) is 12.7 Å². The zero-order valence-electron chi connectivity index (χ0n) is 14.2. The van der Waals surface area contributed by atoms with Gasteiger partial charge in [-0.25, -0.2) is 4.98 Å². The third-order valence-electron chi connectivity index (χ3n) is 4.75. The number of likely N-dealkylation sites (N-methyl/N-ethyl adjacent to an activating group) is 1. The Hall–Kier alpha value is -2.12. The molecule has 0 radical (unpaired) electrons. The minimum Gasteiger partial charge on any atom is -0.454 e. The molecule has 1 fully saturated rings. The molecule has 7 heteroatoms. The number of fused-ring (bicyclic) bond motifs is 1. The Morgan fingerprint density at radius 1 is 1.32 bits per heavy atom. The van der Waals surface area contributed by atoms with Crippen LogP contribution in [0.2, 0.25) is 0 Å². The first-order valence-electron chi connectivity index (χ1n) is 8.51. The lowest BCUT2D eigenvalue weighted by Crippen LogP contribution is -2.44. The summed E-state index contributed by atoms with van der Waals surface area (Å²) in [6.07, 6.45) is 2.38. The summed E-state index contributed by atoms with van der Waals surface area (Å²) in [5.41, 5.74) is 1.81. The summed E-state index contributed by atoms with van der Waals surface area (Å²) < 4.78 is 10.8. The number of benzene rings is 1. The molecule has 0 unspecified atom stereocenters. The standard InChI is InChI=1S/C18H21N3O3S/c1-21(14-4-6-19-7-5-14)17(22)9-13-10-25-18(20-13)12-2-3-15-16(8-12)24-11-23-15/h2-3,8,10,14,19H,4-7,9,11H2,1H3. The van der Waals surface area contributed by atoms with Gasteiger partial charge < -0.3 is 19.7 Å². The van der Waals surface area contributed by atoms with E-state index in [0.29, 0.717) is 12.5 Å². The first-order valence-corrected chi connectivity index (χ1v) is 9.39. The number of nitrogens with zero attached hydrogens (tertiary/aromatic N) is 2. The van der Waals surface area contributed by atoms with Crippen molar-refractivity contribution in [3.63, 3.8) is 0 Å². The maximum Gasteiger partial charge on any atom is 0.231 e. The topological polar surface area (TPSA) is 63.7 Å². The Labute approximate surface area is 150 Å². The van der Waals surface area contributed by atoms with Crippen LogP contribution in [-0.2, 0) is 11.2 Å². The third kappa shape index (κ3) is 3.48. The van der Waals surface area contributed by atoms with E-state index in [9.17, 15) is 4.79 Å². The van der Waals surface area contributed by atoms with Crippen LogP contribution >= 0.6 is 11.3 Å². The van der Waals surface area contributed by atoms with Gasteiger partial charge in [0.15, 0.2) is 11.5 Å². The van der Waals surface area contributed by atoms with Crippen LogP contribution in [0.5, 0.6) is 11.5 Å². The lowest BCUT2D eigenvalue weighted by atomic mass is 10.0. The summed E-state index contributed by atoms with van der Waals surface area (Å²) in [6.45, 7) is 2.22. The number of ether oxygens (including phenoxy) is 2. The summed E-state index contributed by atoms with van der Waals surface area (Å²) in [4.78, 5) is 19.1. The number of hydrogen-bond donors (Lipinski definition) is 1. The normalized spacial score (nSPS) is 16.8. The highest BCUT2D eigenvalue weighted by Gasteiger charge is 2.23. The van der Waals surface area contributed by atoms with Crippen molar-refractivity contribution >= 4 is 17.2 Å². The number of thiazole rings is 1. The molecular formula is C18H21N3O3S. The summed E-state index contributed by atoms with van der Waals surface area (Å²) in [5.74, 6) is 1.64. The predicted molar refractivity (Wildman–Crippen MR) is 96.0 cm³/mol. The quantitative estimate of drug-likeness (QED) is 0.907. The van der Waals surface area contributed by atoms with Crippen LogP contribution in [-0.4, -0.2) is 48.8 Å². The lowest BCUT2D eigenvalue weighted by Gasteiger charge is -2.31. The summed E-state index contributed by atoms with van der Waals surface area (Å²) >= 11 is 1.55. The van der Waals surface area contributed by atoms with E-state index >= 15 is 0 Å². The first kappa shape index (κ1) is 16.4. The molecule has 3 heterocycles. The number of aromatic nitrogens is 1. The molecule has 0 saturated carbocycles. The van der Waals surface area contributed by atoms with Gasteiger partial charge in [-0.2, -0.15) is 0 Å². The van der Waals surface area contributed by atoms with Gasteiger partial charge >= 0.3 is 0 Å². The molecule has 1 aromatic heterocycles. The van der Waals surface area contributed by atoms with E-state index in [4.69, 9.17) is 9.47 Å². The average molecular weight is 359 g/mol. The number of nitrogens with one attached hydrogen (secondary N) is 1. The number of rotatable bonds is 4. The molecule has 2 aromatic rings. The zero-order valence-corrected chi connectivity index (χ0v) is 15.0. The Kier molecular flexibility index (Phi) is 4.59. The van der Waals surface area contributed by atoms with Crippen molar-refractivity contribution in [2.24, 2.45) is 0 Å². The molecule has 1 aromatic carbocycles. The van der Waals surface area contributed by atoms with Gasteiger partial charge in [-0.05, 0) is 44.1 Å². The minimum absolute atomic E-state index is 0.134. The van der Waals surface area contributed by atoms with Crippen molar-refractivity contribution in [1.82, 2.24) is 15.2 Å². The van der Waals surface area contributed by atoms with Gasteiger partial charge in [0.05, 0.1) is 12.1 Å². The molecule has 1 N–H and O–H groups in total. The van der Waals surface area contributed by atoms with Crippen LogP contribution in [0.15, 0.2) is 23.6 Å². The maximum absolute atomic E-state index is 12.5. The van der Waals surface area contributed by atoms with E-state index < -0.39 is 0 Å². The van der Waals surface area contributed by atoms with Crippen LogP contribution in [0.3, 0.4) is 0 Å². The average Bonchev–Trinajstić information content (AvgIpc) is 3.30. The highest BCUT2D eigenvalue weighted by molar-refractivity contribution is 7.13. The van der Waals surface area contributed by atoms with Crippen molar-refractivity contribution in [2.45, 2.75) is 25.3 Å². The molecule has 4 rings (SSSR count). The van der Waals surface area contributed by atoms with E-state index in [1.54, 1.807) is 11.3 Å². The fourth-order valence-electron chi connectivity index (χ4n) is 3.23. The van der Waals surface area contributed by atoms with Gasteiger partial charge in [0, 0.05) is 24.0 Å². The Morgan fingerprint density at radius 3 is 2.96 bits per heavy atom. The fourth-order valence-corrected chi connectivity index (χ4v) is 4.04. The summed E-state index contributed by atoms with van der Waals surface area (Å²) in [6, 6.07) is 6.14. The predicted octanol–water partition coefficient (Wildman–Crippen LogP) is 2.29. The SMILES string of the molecule is CN(C(=O)Cc1csc(-c2ccc3c(c2)OCO3)n1)C1CCNCC1. The van der Waals surface area contributed by atoms with Crippen molar-refractivity contribution in [3.05, 3.63) is 29.3 Å². The molecule has 0 atom stereocenters. The molecule has 0 bridgehead atoms. The molecule has 2 aliphatic rings. The monoisotopic (exact) mass is 359 g/mol. The molecule has 6 nitrogen and oxygen atoms in total. The van der Waals surface area contributed by atoms with Crippen LogP contribution in [0.25, 0.3) is 10.6 Å². The second-order valence-electron chi connectivity index (χ2n) is 6.37. The zero-order chi connectivity index (χ0) is 17.2. The molecule has 2 aliphatic heterocycles. The largest absolute Gasteiger partial charge is 0.454 e. The molecule has 1 saturated heterocycles. The van der Waals surface area contributed by atoms with E-state index in [2.05, 4.69) is 10.3 Å². The highest BCUT2D eigenvalue weighted by Crippen LogP contribution is 2.36. The van der Waals surface area contributed by atoms with Gasteiger partial charge in [0.25, 0.3) is 0 Å². The summed E-state index contributed by atoms with van der Waals surface area (Å²) in [5, 5.41) is 6.19. The van der Waals surface area contributed by atoms with Gasteiger partial charge in [0.1, 0.15) is 5.01 Å². The number of hydrogen-bond acceptors (Lipinski definition) is 6. The maximum atomic E-state index is 12.5. The molecule has 132 valence electrons. The van der Waals surface area contributed by atoms with E-state index in [1.807, 2.05) is 35.5 Å². The van der Waals surface area contributed by atoms with Crippen LogP contribution < -0.4 is 14.8 Å². The smallest absolute Gasteiger partial charge is 0.231 e. The number of piperidine rings is 1.